The highest BCUT2D eigenvalue weighted by Gasteiger charge is 2.21. The molecule has 2 heterocycles. The van der Waals surface area contributed by atoms with Gasteiger partial charge in [-0.2, -0.15) is 0 Å². The van der Waals surface area contributed by atoms with Gasteiger partial charge in [0.15, 0.2) is 0 Å². The molecular weight excluding hydrogens is 296 g/mol. The Balaban J connectivity index is 1.81. The number of nitro benzene ring substituents is 1. The second-order valence-electron chi connectivity index (χ2n) is 5.92. The van der Waals surface area contributed by atoms with Crippen LogP contribution in [0, 0.1) is 24.0 Å². The molecule has 0 bridgehead atoms. The zero-order valence-electron chi connectivity index (χ0n) is 13.1. The number of nitro groups is 1. The highest BCUT2D eigenvalue weighted by atomic mass is 16.6. The van der Waals surface area contributed by atoms with Crippen molar-refractivity contribution in [2.75, 3.05) is 6.54 Å². The van der Waals surface area contributed by atoms with E-state index in [-0.39, 0.29) is 16.2 Å². The minimum Gasteiger partial charge on any atom is -0.310 e. The van der Waals surface area contributed by atoms with Gasteiger partial charge >= 0.3 is 0 Å². The van der Waals surface area contributed by atoms with Gasteiger partial charge in [-0.05, 0) is 19.4 Å². The van der Waals surface area contributed by atoms with E-state index in [9.17, 15) is 14.9 Å². The van der Waals surface area contributed by atoms with Crippen LogP contribution in [-0.2, 0) is 19.5 Å². The van der Waals surface area contributed by atoms with E-state index >= 15 is 0 Å². The highest BCUT2D eigenvalue weighted by Crippen LogP contribution is 2.22. The fourth-order valence-electron chi connectivity index (χ4n) is 2.95. The Bertz CT molecular complexity index is 829. The molecule has 1 N–H and O–H groups in total. The van der Waals surface area contributed by atoms with Crippen LogP contribution in [0.3, 0.4) is 0 Å². The molecule has 0 spiro atoms. The van der Waals surface area contributed by atoms with Crippen molar-refractivity contribution in [1.82, 2.24) is 14.9 Å². The number of nitrogens with one attached hydrogen (secondary N) is 1. The number of aryl methyl sites for hydroxylation is 2. The molecule has 7 heteroatoms. The normalized spacial score (nSPS) is 14.5. The lowest BCUT2D eigenvalue weighted by molar-refractivity contribution is -0.385. The van der Waals surface area contributed by atoms with E-state index in [0.29, 0.717) is 36.5 Å². The minimum absolute atomic E-state index is 0.0907. The standard InChI is InChI=1S/C16H18N4O3/c1-10-3-4-12(7-15(10)20(22)23)8-19-6-5-14-13(9-19)16(21)18-11(2)17-14/h3-4,7H,5-6,8-9H2,1-2H3,(H,17,18,21). The number of H-pyrrole nitrogens is 1. The summed E-state index contributed by atoms with van der Waals surface area (Å²) in [6, 6.07) is 5.28. The van der Waals surface area contributed by atoms with E-state index in [2.05, 4.69) is 14.9 Å². The first-order valence-corrected chi connectivity index (χ1v) is 7.49. The van der Waals surface area contributed by atoms with Crippen molar-refractivity contribution >= 4 is 5.69 Å². The number of nitrogens with zero attached hydrogens (tertiary/aromatic N) is 3. The van der Waals surface area contributed by atoms with Gasteiger partial charge in [0.05, 0.1) is 16.2 Å². The first-order valence-electron chi connectivity index (χ1n) is 7.49. The lowest BCUT2D eigenvalue weighted by Crippen LogP contribution is -2.35. The Kier molecular flexibility index (Phi) is 3.96. The van der Waals surface area contributed by atoms with Crippen LogP contribution in [-0.4, -0.2) is 26.3 Å². The Morgan fingerprint density at radius 1 is 1.39 bits per heavy atom. The number of rotatable bonds is 3. The van der Waals surface area contributed by atoms with Crippen molar-refractivity contribution in [2.45, 2.75) is 33.4 Å². The smallest absolute Gasteiger partial charge is 0.272 e. The summed E-state index contributed by atoms with van der Waals surface area (Å²) < 4.78 is 0. The molecule has 7 nitrogen and oxygen atoms in total. The van der Waals surface area contributed by atoms with Crippen LogP contribution in [0.1, 0.15) is 28.2 Å². The number of aromatic amines is 1. The third-order valence-corrected chi connectivity index (χ3v) is 4.14. The van der Waals surface area contributed by atoms with Gasteiger partial charge in [0.1, 0.15) is 5.82 Å². The maximum Gasteiger partial charge on any atom is 0.272 e. The molecule has 0 saturated carbocycles. The van der Waals surface area contributed by atoms with Gasteiger partial charge in [0, 0.05) is 37.7 Å². The quantitative estimate of drug-likeness (QED) is 0.689. The zero-order chi connectivity index (χ0) is 16.6. The Morgan fingerprint density at radius 2 is 2.17 bits per heavy atom. The summed E-state index contributed by atoms with van der Waals surface area (Å²) >= 11 is 0. The van der Waals surface area contributed by atoms with Crippen LogP contribution in [0.15, 0.2) is 23.0 Å². The van der Waals surface area contributed by atoms with E-state index in [0.717, 1.165) is 17.8 Å². The Hall–Kier alpha value is -2.54. The molecule has 1 aliphatic rings. The molecule has 2 aromatic rings. The maximum absolute atomic E-state index is 12.1. The number of hydrogen-bond acceptors (Lipinski definition) is 5. The number of benzene rings is 1. The summed E-state index contributed by atoms with van der Waals surface area (Å²) in [5.41, 5.74) is 3.13. The van der Waals surface area contributed by atoms with E-state index in [1.54, 1.807) is 26.0 Å². The Morgan fingerprint density at radius 3 is 2.91 bits per heavy atom. The fourth-order valence-corrected chi connectivity index (χ4v) is 2.95. The summed E-state index contributed by atoms with van der Waals surface area (Å²) in [5, 5.41) is 11.0. The van der Waals surface area contributed by atoms with Crippen molar-refractivity contribution in [1.29, 1.82) is 0 Å². The molecule has 3 rings (SSSR count). The van der Waals surface area contributed by atoms with Crippen molar-refractivity contribution in [3.63, 3.8) is 0 Å². The minimum atomic E-state index is -0.359. The first kappa shape index (κ1) is 15.4. The largest absolute Gasteiger partial charge is 0.310 e. The van der Waals surface area contributed by atoms with Gasteiger partial charge in [-0.25, -0.2) is 4.98 Å². The third kappa shape index (κ3) is 3.14. The molecule has 0 amide bonds. The lowest BCUT2D eigenvalue weighted by Gasteiger charge is -2.27. The van der Waals surface area contributed by atoms with Gasteiger partial charge in [-0.3, -0.25) is 19.8 Å². The van der Waals surface area contributed by atoms with Gasteiger partial charge in [-0.15, -0.1) is 0 Å². The van der Waals surface area contributed by atoms with Crippen LogP contribution < -0.4 is 5.56 Å². The molecular formula is C16H18N4O3. The van der Waals surface area contributed by atoms with E-state index in [1.165, 1.54) is 0 Å². The maximum atomic E-state index is 12.1. The van der Waals surface area contributed by atoms with E-state index in [4.69, 9.17) is 0 Å². The molecule has 1 aromatic heterocycles. The van der Waals surface area contributed by atoms with Crippen molar-refractivity contribution in [2.24, 2.45) is 0 Å². The lowest BCUT2D eigenvalue weighted by atomic mass is 10.0. The summed E-state index contributed by atoms with van der Waals surface area (Å²) in [5.74, 6) is 0.636. The predicted octanol–water partition coefficient (Wildman–Crippen LogP) is 1.85. The average molecular weight is 314 g/mol. The zero-order valence-corrected chi connectivity index (χ0v) is 13.1. The molecule has 0 aliphatic carbocycles. The number of hydrogen-bond donors (Lipinski definition) is 1. The van der Waals surface area contributed by atoms with Gasteiger partial charge in [0.2, 0.25) is 0 Å². The van der Waals surface area contributed by atoms with Crippen LogP contribution in [0.5, 0.6) is 0 Å². The molecule has 1 aromatic carbocycles. The van der Waals surface area contributed by atoms with Crippen LogP contribution >= 0.6 is 0 Å². The number of aromatic nitrogens is 2. The Labute approximate surface area is 133 Å². The summed E-state index contributed by atoms with van der Waals surface area (Å²) in [6.07, 6.45) is 0.716. The summed E-state index contributed by atoms with van der Waals surface area (Å²) in [6.45, 7) is 5.38. The molecule has 0 radical (unpaired) electrons. The fraction of sp³-hybridized carbons (Fsp3) is 0.375. The molecule has 0 fully saturated rings. The van der Waals surface area contributed by atoms with Gasteiger partial charge in [-0.1, -0.05) is 12.1 Å². The highest BCUT2D eigenvalue weighted by molar-refractivity contribution is 5.42. The SMILES string of the molecule is Cc1nc2c(c(=O)[nH]1)CN(Cc1ccc(C)c([N+](=O)[O-])c1)CC2. The summed E-state index contributed by atoms with van der Waals surface area (Å²) in [4.78, 5) is 32.0. The second-order valence-corrected chi connectivity index (χ2v) is 5.92. The molecule has 0 atom stereocenters. The van der Waals surface area contributed by atoms with Gasteiger partial charge in [0.25, 0.3) is 11.2 Å². The first-order chi connectivity index (χ1) is 10.9. The predicted molar refractivity (Wildman–Crippen MR) is 85.2 cm³/mol. The monoisotopic (exact) mass is 314 g/mol. The van der Waals surface area contributed by atoms with E-state index in [1.807, 2.05) is 6.07 Å². The van der Waals surface area contributed by atoms with Crippen molar-refractivity contribution in [3.05, 3.63) is 66.9 Å². The number of fused-ring (bicyclic) bond motifs is 1. The third-order valence-electron chi connectivity index (χ3n) is 4.14. The van der Waals surface area contributed by atoms with Crippen molar-refractivity contribution < 1.29 is 4.92 Å². The van der Waals surface area contributed by atoms with Crippen LogP contribution in [0.25, 0.3) is 0 Å². The molecule has 0 saturated heterocycles. The summed E-state index contributed by atoms with van der Waals surface area (Å²) in [7, 11) is 0. The average Bonchev–Trinajstić information content (AvgIpc) is 2.49. The molecule has 23 heavy (non-hydrogen) atoms. The van der Waals surface area contributed by atoms with Gasteiger partial charge < -0.3 is 4.98 Å². The van der Waals surface area contributed by atoms with Crippen LogP contribution in [0.2, 0.25) is 0 Å². The van der Waals surface area contributed by atoms with E-state index < -0.39 is 0 Å². The van der Waals surface area contributed by atoms with Crippen LogP contribution in [0.4, 0.5) is 5.69 Å². The van der Waals surface area contributed by atoms with Crippen molar-refractivity contribution in [3.8, 4) is 0 Å². The molecule has 0 unspecified atom stereocenters. The molecule has 1 aliphatic heterocycles. The second kappa shape index (κ2) is 5.92. The topological polar surface area (TPSA) is 92.1 Å². The molecule has 120 valence electrons.